The van der Waals surface area contributed by atoms with Gasteiger partial charge in [0.1, 0.15) is 5.82 Å². The summed E-state index contributed by atoms with van der Waals surface area (Å²) in [6, 6.07) is 7.02. The van der Waals surface area contributed by atoms with Crippen molar-refractivity contribution in [1.29, 1.82) is 0 Å². The Kier molecular flexibility index (Phi) is 2.93. The van der Waals surface area contributed by atoms with Gasteiger partial charge in [-0.3, -0.25) is 0 Å². The molecular formula is C16H22FN. The molecule has 98 valence electrons. The number of nitrogens with two attached hydrogens (primary N) is 1. The quantitative estimate of drug-likeness (QED) is 0.794. The zero-order valence-corrected chi connectivity index (χ0v) is 10.9. The molecule has 2 fully saturated rings. The Labute approximate surface area is 109 Å². The topological polar surface area (TPSA) is 26.0 Å². The third-order valence-corrected chi connectivity index (χ3v) is 4.96. The van der Waals surface area contributed by atoms with Crippen molar-refractivity contribution in [2.45, 2.75) is 56.9 Å². The van der Waals surface area contributed by atoms with Crippen molar-refractivity contribution in [2.75, 3.05) is 0 Å². The maximum atomic E-state index is 13.9. The van der Waals surface area contributed by atoms with Crippen LogP contribution in [0.15, 0.2) is 24.3 Å². The van der Waals surface area contributed by atoms with Gasteiger partial charge in [0.15, 0.2) is 0 Å². The van der Waals surface area contributed by atoms with Crippen LogP contribution in [0.5, 0.6) is 0 Å². The molecule has 1 aromatic carbocycles. The van der Waals surface area contributed by atoms with Crippen LogP contribution in [-0.4, -0.2) is 0 Å². The lowest BCUT2D eigenvalue weighted by atomic mass is 9.52. The molecule has 0 heterocycles. The summed E-state index contributed by atoms with van der Waals surface area (Å²) in [5.41, 5.74) is 7.18. The fourth-order valence-electron chi connectivity index (χ4n) is 4.17. The lowest BCUT2D eigenvalue weighted by molar-refractivity contribution is 0.00762. The van der Waals surface area contributed by atoms with E-state index in [0.29, 0.717) is 5.41 Å². The normalized spacial score (nSPS) is 25.4. The maximum Gasteiger partial charge on any atom is 0.128 e. The van der Waals surface area contributed by atoms with E-state index in [1.807, 2.05) is 12.1 Å². The third kappa shape index (κ3) is 1.97. The summed E-state index contributed by atoms with van der Waals surface area (Å²) in [6.45, 7) is 0. The Morgan fingerprint density at radius 3 is 2.17 bits per heavy atom. The number of hydrogen-bond acceptors (Lipinski definition) is 1. The van der Waals surface area contributed by atoms with Crippen LogP contribution in [-0.2, 0) is 5.54 Å². The average Bonchev–Trinajstić information content (AvgIpc) is 2.54. The summed E-state index contributed by atoms with van der Waals surface area (Å²) in [5.74, 6) is -0.136. The van der Waals surface area contributed by atoms with Crippen LogP contribution >= 0.6 is 0 Å². The first-order chi connectivity index (χ1) is 8.64. The highest BCUT2D eigenvalue weighted by Gasteiger charge is 2.53. The molecule has 2 N–H and O–H groups in total. The molecule has 3 rings (SSSR count). The smallest absolute Gasteiger partial charge is 0.128 e. The Hall–Kier alpha value is -0.890. The largest absolute Gasteiger partial charge is 0.321 e. The van der Waals surface area contributed by atoms with Crippen LogP contribution < -0.4 is 5.73 Å². The van der Waals surface area contributed by atoms with E-state index in [-0.39, 0.29) is 5.82 Å². The van der Waals surface area contributed by atoms with Gasteiger partial charge in [-0.15, -0.1) is 0 Å². The minimum atomic E-state index is -0.407. The molecule has 0 radical (unpaired) electrons. The van der Waals surface area contributed by atoms with E-state index in [1.54, 1.807) is 6.07 Å². The van der Waals surface area contributed by atoms with Crippen LogP contribution in [0.25, 0.3) is 0 Å². The molecular weight excluding hydrogens is 225 g/mol. The second-order valence-electron chi connectivity index (χ2n) is 6.40. The van der Waals surface area contributed by atoms with E-state index in [1.165, 1.54) is 44.6 Å². The van der Waals surface area contributed by atoms with Crippen LogP contribution in [0.1, 0.15) is 56.9 Å². The first-order valence-electron chi connectivity index (χ1n) is 7.18. The third-order valence-electron chi connectivity index (χ3n) is 4.96. The van der Waals surface area contributed by atoms with E-state index in [4.69, 9.17) is 5.73 Å². The summed E-state index contributed by atoms with van der Waals surface area (Å²) in [4.78, 5) is 0. The summed E-state index contributed by atoms with van der Waals surface area (Å²) < 4.78 is 13.9. The predicted molar refractivity (Wildman–Crippen MR) is 71.6 cm³/mol. The molecule has 0 saturated heterocycles. The number of rotatable bonds is 1. The van der Waals surface area contributed by atoms with Crippen LogP contribution in [0, 0.1) is 11.2 Å². The van der Waals surface area contributed by atoms with E-state index in [0.717, 1.165) is 18.4 Å². The first-order valence-corrected chi connectivity index (χ1v) is 7.18. The summed E-state index contributed by atoms with van der Waals surface area (Å²) in [6.07, 6.45) is 9.90. The van der Waals surface area contributed by atoms with Crippen molar-refractivity contribution in [3.05, 3.63) is 35.6 Å². The maximum absolute atomic E-state index is 13.9. The number of hydrogen-bond donors (Lipinski definition) is 1. The fourth-order valence-corrected chi connectivity index (χ4v) is 4.17. The van der Waals surface area contributed by atoms with Gasteiger partial charge in [-0.05, 0) is 37.2 Å². The van der Waals surface area contributed by atoms with Crippen LogP contribution in [0.4, 0.5) is 4.39 Å². The van der Waals surface area contributed by atoms with E-state index >= 15 is 0 Å². The predicted octanol–water partition coefficient (Wildman–Crippen LogP) is 4.11. The molecule has 1 spiro atoms. The zero-order valence-electron chi connectivity index (χ0n) is 10.9. The first kappa shape index (κ1) is 12.2. The Bertz CT molecular complexity index is 424. The molecule has 1 aromatic rings. The highest BCUT2D eigenvalue weighted by molar-refractivity contribution is 5.30. The lowest BCUT2D eigenvalue weighted by Crippen LogP contribution is -2.55. The highest BCUT2D eigenvalue weighted by Crippen LogP contribution is 2.59. The van der Waals surface area contributed by atoms with Gasteiger partial charge in [0.05, 0.1) is 0 Å². The number of benzene rings is 1. The molecule has 0 bridgehead atoms. The Balaban J connectivity index is 1.78. The van der Waals surface area contributed by atoms with Gasteiger partial charge >= 0.3 is 0 Å². The van der Waals surface area contributed by atoms with Gasteiger partial charge in [0, 0.05) is 11.1 Å². The SMILES string of the molecule is NC1(c2ccccc2F)CC2(CCCCCC2)C1. The molecule has 0 atom stereocenters. The monoisotopic (exact) mass is 247 g/mol. The summed E-state index contributed by atoms with van der Waals surface area (Å²) in [5, 5.41) is 0. The Morgan fingerprint density at radius 2 is 1.56 bits per heavy atom. The number of halogens is 1. The lowest BCUT2D eigenvalue weighted by Gasteiger charge is -2.55. The van der Waals surface area contributed by atoms with Crippen LogP contribution in [0.2, 0.25) is 0 Å². The molecule has 0 aromatic heterocycles. The summed E-state index contributed by atoms with van der Waals surface area (Å²) in [7, 11) is 0. The van der Waals surface area contributed by atoms with Gasteiger partial charge in [-0.1, -0.05) is 43.9 Å². The molecule has 0 aliphatic heterocycles. The molecule has 0 unspecified atom stereocenters. The molecule has 1 nitrogen and oxygen atoms in total. The van der Waals surface area contributed by atoms with Crippen molar-refractivity contribution >= 4 is 0 Å². The molecule has 2 saturated carbocycles. The van der Waals surface area contributed by atoms with Gasteiger partial charge in [-0.25, -0.2) is 4.39 Å². The second kappa shape index (κ2) is 4.34. The minimum absolute atomic E-state index is 0.136. The van der Waals surface area contributed by atoms with E-state index < -0.39 is 5.54 Å². The van der Waals surface area contributed by atoms with Crippen LogP contribution in [0.3, 0.4) is 0 Å². The van der Waals surface area contributed by atoms with Crippen molar-refractivity contribution in [3.63, 3.8) is 0 Å². The highest BCUT2D eigenvalue weighted by atomic mass is 19.1. The van der Waals surface area contributed by atoms with Crippen molar-refractivity contribution in [3.8, 4) is 0 Å². The average molecular weight is 247 g/mol. The molecule has 2 aliphatic carbocycles. The van der Waals surface area contributed by atoms with Crippen molar-refractivity contribution in [1.82, 2.24) is 0 Å². The minimum Gasteiger partial charge on any atom is -0.321 e. The summed E-state index contributed by atoms with van der Waals surface area (Å²) >= 11 is 0. The van der Waals surface area contributed by atoms with Crippen molar-refractivity contribution < 1.29 is 4.39 Å². The van der Waals surface area contributed by atoms with Gasteiger partial charge in [-0.2, -0.15) is 0 Å². The standard InChI is InChI=1S/C16H22FN/c17-14-8-4-3-7-13(14)16(18)11-15(12-16)9-5-1-2-6-10-15/h3-4,7-8H,1-2,5-6,9-12,18H2. The molecule has 18 heavy (non-hydrogen) atoms. The van der Waals surface area contributed by atoms with E-state index in [2.05, 4.69) is 0 Å². The van der Waals surface area contributed by atoms with E-state index in [9.17, 15) is 4.39 Å². The fraction of sp³-hybridized carbons (Fsp3) is 0.625. The second-order valence-corrected chi connectivity index (χ2v) is 6.40. The Morgan fingerprint density at radius 1 is 0.944 bits per heavy atom. The van der Waals surface area contributed by atoms with Gasteiger partial charge in [0.2, 0.25) is 0 Å². The van der Waals surface area contributed by atoms with Gasteiger partial charge < -0.3 is 5.73 Å². The molecule has 2 heteroatoms. The molecule has 2 aliphatic rings. The van der Waals surface area contributed by atoms with Gasteiger partial charge in [0.25, 0.3) is 0 Å². The zero-order chi connectivity index (χ0) is 12.6. The molecule has 0 amide bonds. The van der Waals surface area contributed by atoms with Crippen molar-refractivity contribution in [2.24, 2.45) is 11.1 Å².